The smallest absolute Gasteiger partial charge is 0.277 e. The minimum atomic E-state index is -0.756. The van der Waals surface area contributed by atoms with Gasteiger partial charge in [-0.05, 0) is 35.9 Å². The number of carbonyl (C=O) groups is 1. The van der Waals surface area contributed by atoms with E-state index in [0.717, 1.165) is 17.7 Å². The van der Waals surface area contributed by atoms with E-state index in [0.29, 0.717) is 11.3 Å². The van der Waals surface area contributed by atoms with Gasteiger partial charge in [-0.15, -0.1) is 0 Å². The first kappa shape index (κ1) is 16.9. The fourth-order valence-corrected chi connectivity index (χ4v) is 1.83. The molecule has 2 aromatic rings. The second-order valence-electron chi connectivity index (χ2n) is 4.83. The highest BCUT2D eigenvalue weighted by Gasteiger charge is 2.06. The number of para-hydroxylation sites is 1. The lowest BCUT2D eigenvalue weighted by atomic mass is 10.2. The summed E-state index contributed by atoms with van der Waals surface area (Å²) >= 11 is 0. The minimum Gasteiger partial charge on any atom is -0.868 e. The highest BCUT2D eigenvalue weighted by atomic mass is 16.6. The number of hydrogen-bond acceptors (Lipinski definition) is 6. The molecule has 0 fully saturated rings. The van der Waals surface area contributed by atoms with Crippen LogP contribution in [0.15, 0.2) is 47.6 Å². The zero-order chi connectivity index (χ0) is 17.5. The Kier molecular flexibility index (Phi) is 5.45. The summed E-state index contributed by atoms with van der Waals surface area (Å²) in [6, 6.07) is 10.8. The Morgan fingerprint density at radius 1 is 1.33 bits per heavy atom. The van der Waals surface area contributed by atoms with Gasteiger partial charge in [0.25, 0.3) is 11.6 Å². The maximum atomic E-state index is 11.6. The van der Waals surface area contributed by atoms with Gasteiger partial charge in [0.15, 0.2) is 6.61 Å². The van der Waals surface area contributed by atoms with Crippen LogP contribution in [0.25, 0.3) is 0 Å². The van der Waals surface area contributed by atoms with Crippen LogP contribution in [-0.4, -0.2) is 23.7 Å². The van der Waals surface area contributed by atoms with Crippen LogP contribution < -0.4 is 15.3 Å². The van der Waals surface area contributed by atoms with Gasteiger partial charge in [0.05, 0.1) is 11.1 Å². The van der Waals surface area contributed by atoms with E-state index in [9.17, 15) is 20.0 Å². The van der Waals surface area contributed by atoms with Gasteiger partial charge in [-0.1, -0.05) is 24.3 Å². The van der Waals surface area contributed by atoms with Crippen molar-refractivity contribution in [1.82, 2.24) is 5.43 Å². The lowest BCUT2D eigenvalue weighted by Gasteiger charge is -2.08. The van der Waals surface area contributed by atoms with Gasteiger partial charge in [0.2, 0.25) is 0 Å². The Hall–Kier alpha value is -3.42. The summed E-state index contributed by atoms with van der Waals surface area (Å²) in [5.41, 5.74) is 2.98. The molecule has 0 bridgehead atoms. The van der Waals surface area contributed by atoms with E-state index < -0.39 is 22.3 Å². The van der Waals surface area contributed by atoms with Gasteiger partial charge < -0.3 is 9.84 Å². The second-order valence-corrected chi connectivity index (χ2v) is 4.83. The summed E-state index contributed by atoms with van der Waals surface area (Å²) < 4.78 is 5.35. The standard InChI is InChI=1S/C16H15N3O5/c1-11-4-2-3-5-15(11)24-10-16(21)18-17-9-12-6-7-13(19(22)23)14(20)8-12/h2-9,20H,10H2,1H3,(H,18,21)/p-1/b17-9-. The maximum absolute atomic E-state index is 11.6. The number of amides is 1. The van der Waals surface area contributed by atoms with Crippen molar-refractivity contribution in [2.45, 2.75) is 6.92 Å². The van der Waals surface area contributed by atoms with E-state index in [4.69, 9.17) is 4.74 Å². The first-order valence-electron chi connectivity index (χ1n) is 6.93. The van der Waals surface area contributed by atoms with E-state index in [1.54, 1.807) is 12.1 Å². The molecule has 8 nitrogen and oxygen atoms in total. The summed E-state index contributed by atoms with van der Waals surface area (Å²) in [6.45, 7) is 1.65. The topological polar surface area (TPSA) is 117 Å². The molecule has 0 aromatic heterocycles. The van der Waals surface area contributed by atoms with Crippen LogP contribution in [0.5, 0.6) is 11.5 Å². The molecule has 8 heteroatoms. The SMILES string of the molecule is Cc1ccccc1OCC(=O)N/N=C\c1ccc([N+](=O)[O-])c([O-])c1. The molecule has 2 rings (SSSR count). The number of hydrazone groups is 1. The number of rotatable bonds is 6. The van der Waals surface area contributed by atoms with Crippen molar-refractivity contribution < 1.29 is 19.6 Å². The molecule has 0 aliphatic carbocycles. The van der Waals surface area contributed by atoms with Gasteiger partial charge in [-0.3, -0.25) is 14.9 Å². The predicted octanol–water partition coefficient (Wildman–Crippen LogP) is 1.51. The highest BCUT2D eigenvalue weighted by molar-refractivity contribution is 5.83. The third-order valence-electron chi connectivity index (χ3n) is 3.04. The van der Waals surface area contributed by atoms with Gasteiger partial charge in [-0.25, -0.2) is 5.43 Å². The Balaban J connectivity index is 1.87. The summed E-state index contributed by atoms with van der Waals surface area (Å²) in [6.07, 6.45) is 1.22. The number of benzene rings is 2. The zero-order valence-corrected chi connectivity index (χ0v) is 12.8. The Labute approximate surface area is 137 Å². The van der Waals surface area contributed by atoms with Crippen LogP contribution >= 0.6 is 0 Å². The lowest BCUT2D eigenvalue weighted by Crippen LogP contribution is -2.24. The fraction of sp³-hybridized carbons (Fsp3) is 0.125. The van der Waals surface area contributed by atoms with Crippen molar-refractivity contribution in [2.24, 2.45) is 5.10 Å². The molecule has 1 N–H and O–H groups in total. The summed E-state index contributed by atoms with van der Waals surface area (Å²) in [5.74, 6) is -0.597. The average Bonchev–Trinajstić information content (AvgIpc) is 2.54. The van der Waals surface area contributed by atoms with Crippen LogP contribution in [-0.2, 0) is 4.79 Å². The maximum Gasteiger partial charge on any atom is 0.277 e. The van der Waals surface area contributed by atoms with Crippen LogP contribution in [0, 0.1) is 17.0 Å². The van der Waals surface area contributed by atoms with Gasteiger partial charge >= 0.3 is 0 Å². The molecule has 0 radical (unpaired) electrons. The molecule has 124 valence electrons. The van der Waals surface area contributed by atoms with Crippen molar-refractivity contribution in [3.05, 3.63) is 63.7 Å². The van der Waals surface area contributed by atoms with Crippen molar-refractivity contribution in [3.63, 3.8) is 0 Å². The van der Waals surface area contributed by atoms with Crippen molar-refractivity contribution in [2.75, 3.05) is 6.61 Å². The Bertz CT molecular complexity index is 789. The Morgan fingerprint density at radius 3 is 2.75 bits per heavy atom. The molecular formula is C16H14N3O5-. The lowest BCUT2D eigenvalue weighted by molar-refractivity contribution is -0.398. The van der Waals surface area contributed by atoms with Crippen molar-refractivity contribution in [1.29, 1.82) is 0 Å². The van der Waals surface area contributed by atoms with E-state index >= 15 is 0 Å². The van der Waals surface area contributed by atoms with Crippen LogP contribution in [0.2, 0.25) is 0 Å². The van der Waals surface area contributed by atoms with E-state index in [-0.39, 0.29) is 6.61 Å². The van der Waals surface area contributed by atoms with Crippen LogP contribution in [0.3, 0.4) is 0 Å². The molecule has 0 spiro atoms. The van der Waals surface area contributed by atoms with Crippen LogP contribution in [0.4, 0.5) is 5.69 Å². The third kappa shape index (κ3) is 4.54. The number of carbonyl (C=O) groups excluding carboxylic acids is 1. The van der Waals surface area contributed by atoms with E-state index in [2.05, 4.69) is 10.5 Å². The highest BCUT2D eigenvalue weighted by Crippen LogP contribution is 2.22. The molecule has 2 aromatic carbocycles. The Morgan fingerprint density at radius 2 is 2.08 bits per heavy atom. The van der Waals surface area contributed by atoms with Gasteiger partial charge in [0, 0.05) is 6.07 Å². The van der Waals surface area contributed by atoms with Crippen molar-refractivity contribution in [3.8, 4) is 11.5 Å². The molecule has 0 atom stereocenters. The third-order valence-corrected chi connectivity index (χ3v) is 3.04. The monoisotopic (exact) mass is 328 g/mol. The van der Waals surface area contributed by atoms with Gasteiger partial charge in [-0.2, -0.15) is 5.10 Å². The summed E-state index contributed by atoms with van der Waals surface area (Å²) in [4.78, 5) is 21.4. The molecule has 1 amide bonds. The molecule has 0 aliphatic heterocycles. The number of ether oxygens (including phenoxy) is 1. The normalized spacial score (nSPS) is 10.5. The van der Waals surface area contributed by atoms with E-state index in [1.165, 1.54) is 12.3 Å². The fourth-order valence-electron chi connectivity index (χ4n) is 1.83. The molecule has 0 aliphatic rings. The molecule has 0 saturated heterocycles. The molecular weight excluding hydrogens is 314 g/mol. The largest absolute Gasteiger partial charge is 0.868 e. The molecule has 24 heavy (non-hydrogen) atoms. The quantitative estimate of drug-likeness (QED) is 0.490. The first-order valence-corrected chi connectivity index (χ1v) is 6.93. The predicted molar refractivity (Wildman–Crippen MR) is 85.0 cm³/mol. The van der Waals surface area contributed by atoms with Crippen LogP contribution in [0.1, 0.15) is 11.1 Å². The average molecular weight is 328 g/mol. The molecule has 0 saturated carbocycles. The molecule has 0 unspecified atom stereocenters. The summed E-state index contributed by atoms with van der Waals surface area (Å²) in [7, 11) is 0. The number of aryl methyl sites for hydroxylation is 1. The minimum absolute atomic E-state index is 0.213. The van der Waals surface area contributed by atoms with Gasteiger partial charge in [0.1, 0.15) is 5.75 Å². The van der Waals surface area contributed by atoms with E-state index in [1.807, 2.05) is 19.1 Å². The second kappa shape index (κ2) is 7.73. The number of hydrogen-bond donors (Lipinski definition) is 1. The number of nitrogens with zero attached hydrogens (tertiary/aromatic N) is 2. The zero-order valence-electron chi connectivity index (χ0n) is 12.8. The number of nitrogens with one attached hydrogen (secondary N) is 1. The first-order chi connectivity index (χ1) is 11.5. The number of nitro benzene ring substituents is 1. The van der Waals surface area contributed by atoms with Crippen molar-refractivity contribution >= 4 is 17.8 Å². The number of nitro groups is 1. The molecule has 0 heterocycles. The summed E-state index contributed by atoms with van der Waals surface area (Å²) in [5, 5.41) is 25.7.